The molecule has 3 aromatic rings. The maximum Gasteiger partial charge on any atom is 0.251 e. The molecule has 32 heavy (non-hydrogen) atoms. The van der Waals surface area contributed by atoms with Crippen LogP contribution in [0.15, 0.2) is 53.7 Å². The molecule has 1 aliphatic heterocycles. The van der Waals surface area contributed by atoms with Crippen LogP contribution in [-0.4, -0.2) is 38.6 Å². The molecule has 0 saturated heterocycles. The van der Waals surface area contributed by atoms with Gasteiger partial charge < -0.3 is 24.7 Å². The number of carbonyl (C=O) groups is 2. The van der Waals surface area contributed by atoms with E-state index in [1.54, 1.807) is 41.8 Å². The van der Waals surface area contributed by atoms with Crippen molar-refractivity contribution in [1.82, 2.24) is 20.1 Å². The Balaban J connectivity index is 1.37. The van der Waals surface area contributed by atoms with Gasteiger partial charge in [0, 0.05) is 24.4 Å². The molecule has 2 aromatic carbocycles. The first-order valence-electron chi connectivity index (χ1n) is 10.0. The maximum absolute atomic E-state index is 12.7. The summed E-state index contributed by atoms with van der Waals surface area (Å²) in [5, 5.41) is 14.4. The molecule has 1 aromatic heterocycles. The van der Waals surface area contributed by atoms with Crippen LogP contribution in [0, 0.1) is 0 Å². The summed E-state index contributed by atoms with van der Waals surface area (Å²) in [6, 6.07) is 13.9. The van der Waals surface area contributed by atoms with E-state index in [0.717, 1.165) is 0 Å². The van der Waals surface area contributed by atoms with E-state index in [-0.39, 0.29) is 24.6 Å². The van der Waals surface area contributed by atoms with Crippen LogP contribution in [-0.2, 0) is 11.8 Å². The molecule has 4 rings (SSSR count). The fourth-order valence-electron chi connectivity index (χ4n) is 3.17. The number of thioether (sulfide) groups is 1. The Morgan fingerprint density at radius 1 is 1.06 bits per heavy atom. The molecule has 2 atom stereocenters. The Morgan fingerprint density at radius 3 is 2.59 bits per heavy atom. The Labute approximate surface area is 189 Å². The van der Waals surface area contributed by atoms with E-state index in [1.807, 2.05) is 32.2 Å². The van der Waals surface area contributed by atoms with Gasteiger partial charge in [-0.05, 0) is 38.1 Å². The normalized spacial score (nSPS) is 14.0. The van der Waals surface area contributed by atoms with Crippen LogP contribution in [0.2, 0.25) is 0 Å². The van der Waals surface area contributed by atoms with Crippen LogP contribution in [0.3, 0.4) is 0 Å². The number of carbonyl (C=O) groups excluding carboxylic acids is 2. The Bertz CT molecular complexity index is 1130. The number of amides is 2. The second-order valence-electron chi connectivity index (χ2n) is 7.28. The first-order chi connectivity index (χ1) is 15.4. The summed E-state index contributed by atoms with van der Waals surface area (Å²) in [6.07, 6.45) is 0. The van der Waals surface area contributed by atoms with Gasteiger partial charge in [0.1, 0.15) is 0 Å². The van der Waals surface area contributed by atoms with Gasteiger partial charge in [-0.25, -0.2) is 0 Å². The number of ether oxygens (including phenoxy) is 2. The molecule has 0 bridgehead atoms. The SMILES string of the molecule is C[C@H](Sc1nnc([C@H](C)NC(=O)c2ccccc2)n1C)C(=O)Nc1ccc2c(c1)OCO2. The van der Waals surface area contributed by atoms with E-state index in [2.05, 4.69) is 20.8 Å². The third-order valence-corrected chi connectivity index (χ3v) is 6.06. The molecule has 0 saturated carbocycles. The molecule has 0 aliphatic carbocycles. The van der Waals surface area contributed by atoms with Gasteiger partial charge in [-0.3, -0.25) is 9.59 Å². The highest BCUT2D eigenvalue weighted by Crippen LogP contribution is 2.34. The number of benzene rings is 2. The molecule has 1 aliphatic rings. The van der Waals surface area contributed by atoms with Crippen molar-refractivity contribution in [2.75, 3.05) is 12.1 Å². The van der Waals surface area contributed by atoms with Gasteiger partial charge >= 0.3 is 0 Å². The Morgan fingerprint density at radius 2 is 1.81 bits per heavy atom. The summed E-state index contributed by atoms with van der Waals surface area (Å²) >= 11 is 1.29. The second kappa shape index (κ2) is 9.31. The third-order valence-electron chi connectivity index (χ3n) is 4.93. The van der Waals surface area contributed by atoms with E-state index < -0.39 is 5.25 Å². The standard InChI is InChI=1S/C22H23N5O4S/c1-13(23-21(29)15-7-5-4-6-8-15)19-25-26-22(27(19)3)32-14(2)20(28)24-16-9-10-17-18(11-16)31-12-30-17/h4-11,13-14H,12H2,1-3H3,(H,23,29)(H,24,28)/t13-,14-/m0/s1. The molecule has 9 nitrogen and oxygen atoms in total. The first kappa shape index (κ1) is 21.7. The largest absolute Gasteiger partial charge is 0.454 e. The molecule has 2 amide bonds. The predicted octanol–water partition coefficient (Wildman–Crippen LogP) is 3.15. The van der Waals surface area contributed by atoms with Crippen molar-refractivity contribution in [3.8, 4) is 11.5 Å². The lowest BCUT2D eigenvalue weighted by Gasteiger charge is -2.15. The minimum atomic E-state index is -0.426. The maximum atomic E-state index is 12.7. The summed E-state index contributed by atoms with van der Waals surface area (Å²) in [7, 11) is 1.81. The molecule has 2 N–H and O–H groups in total. The van der Waals surface area contributed by atoms with Crippen LogP contribution in [0.5, 0.6) is 11.5 Å². The zero-order chi connectivity index (χ0) is 22.7. The Kier molecular flexibility index (Phi) is 6.31. The van der Waals surface area contributed by atoms with Crippen molar-refractivity contribution in [3.05, 3.63) is 59.9 Å². The van der Waals surface area contributed by atoms with E-state index in [0.29, 0.717) is 33.7 Å². The summed E-state index contributed by atoms with van der Waals surface area (Å²) in [5.41, 5.74) is 1.20. The van der Waals surface area contributed by atoms with Gasteiger partial charge in [0.2, 0.25) is 12.7 Å². The highest BCUT2D eigenvalue weighted by atomic mass is 32.2. The predicted molar refractivity (Wildman–Crippen MR) is 120 cm³/mol. The fourth-order valence-corrected chi connectivity index (χ4v) is 3.99. The van der Waals surface area contributed by atoms with Crippen molar-refractivity contribution in [3.63, 3.8) is 0 Å². The number of hydrogen-bond acceptors (Lipinski definition) is 7. The van der Waals surface area contributed by atoms with Crippen LogP contribution in [0.1, 0.15) is 36.1 Å². The highest BCUT2D eigenvalue weighted by Gasteiger charge is 2.23. The quantitative estimate of drug-likeness (QED) is 0.529. The molecule has 0 spiro atoms. The molecule has 0 unspecified atom stereocenters. The van der Waals surface area contributed by atoms with Crippen LogP contribution >= 0.6 is 11.8 Å². The molecular formula is C22H23N5O4S. The molecule has 0 fully saturated rings. The third kappa shape index (κ3) is 4.70. The van der Waals surface area contributed by atoms with Crippen LogP contribution in [0.25, 0.3) is 0 Å². The Hall–Kier alpha value is -3.53. The smallest absolute Gasteiger partial charge is 0.251 e. The minimum absolute atomic E-state index is 0.177. The van der Waals surface area contributed by atoms with Gasteiger partial charge in [-0.15, -0.1) is 10.2 Å². The van der Waals surface area contributed by atoms with E-state index >= 15 is 0 Å². The van der Waals surface area contributed by atoms with Crippen molar-refractivity contribution in [2.45, 2.75) is 30.3 Å². The van der Waals surface area contributed by atoms with Gasteiger partial charge in [0.25, 0.3) is 5.91 Å². The van der Waals surface area contributed by atoms with E-state index in [9.17, 15) is 9.59 Å². The summed E-state index contributed by atoms with van der Waals surface area (Å²) in [6.45, 7) is 3.81. The van der Waals surface area contributed by atoms with Crippen molar-refractivity contribution in [2.24, 2.45) is 7.05 Å². The van der Waals surface area contributed by atoms with Crippen molar-refractivity contribution in [1.29, 1.82) is 0 Å². The van der Waals surface area contributed by atoms with E-state index in [4.69, 9.17) is 9.47 Å². The summed E-state index contributed by atoms with van der Waals surface area (Å²) in [4.78, 5) is 25.1. The molecule has 0 radical (unpaired) electrons. The monoisotopic (exact) mass is 453 g/mol. The average Bonchev–Trinajstić information content (AvgIpc) is 3.40. The van der Waals surface area contributed by atoms with Gasteiger partial charge in [-0.1, -0.05) is 30.0 Å². The molecule has 2 heterocycles. The average molecular weight is 454 g/mol. The number of hydrogen-bond donors (Lipinski definition) is 2. The molecule has 10 heteroatoms. The number of nitrogens with one attached hydrogen (secondary N) is 2. The van der Waals surface area contributed by atoms with Gasteiger partial charge in [0.05, 0.1) is 11.3 Å². The number of anilines is 1. The molecule has 166 valence electrons. The number of rotatable bonds is 7. The number of fused-ring (bicyclic) bond motifs is 1. The summed E-state index contributed by atoms with van der Waals surface area (Å²) in [5.74, 6) is 1.49. The number of aromatic nitrogens is 3. The zero-order valence-corrected chi connectivity index (χ0v) is 18.7. The van der Waals surface area contributed by atoms with Crippen LogP contribution < -0.4 is 20.1 Å². The zero-order valence-electron chi connectivity index (χ0n) is 17.9. The lowest BCUT2D eigenvalue weighted by molar-refractivity contribution is -0.115. The van der Waals surface area contributed by atoms with Crippen molar-refractivity contribution < 1.29 is 19.1 Å². The van der Waals surface area contributed by atoms with E-state index in [1.165, 1.54) is 11.8 Å². The number of nitrogens with zero attached hydrogens (tertiary/aromatic N) is 3. The van der Waals surface area contributed by atoms with Crippen molar-refractivity contribution >= 4 is 29.3 Å². The van der Waals surface area contributed by atoms with Crippen LogP contribution in [0.4, 0.5) is 5.69 Å². The lowest BCUT2D eigenvalue weighted by atomic mass is 10.2. The lowest BCUT2D eigenvalue weighted by Crippen LogP contribution is -2.28. The summed E-state index contributed by atoms with van der Waals surface area (Å²) < 4.78 is 12.4. The second-order valence-corrected chi connectivity index (χ2v) is 8.59. The molecular weight excluding hydrogens is 430 g/mol. The minimum Gasteiger partial charge on any atom is -0.454 e. The topological polar surface area (TPSA) is 107 Å². The van der Waals surface area contributed by atoms with Gasteiger partial charge in [-0.2, -0.15) is 0 Å². The fraction of sp³-hybridized carbons (Fsp3) is 0.273. The van der Waals surface area contributed by atoms with Gasteiger partial charge in [0.15, 0.2) is 22.5 Å². The highest BCUT2D eigenvalue weighted by molar-refractivity contribution is 8.00. The first-order valence-corrected chi connectivity index (χ1v) is 10.9.